The van der Waals surface area contributed by atoms with Crippen molar-refractivity contribution in [2.24, 2.45) is 0 Å². The van der Waals surface area contributed by atoms with Crippen LogP contribution in [-0.4, -0.2) is 16.1 Å². The Kier molecular flexibility index (Phi) is 12.3. The van der Waals surface area contributed by atoms with E-state index in [0.29, 0.717) is 0 Å². The van der Waals surface area contributed by atoms with Crippen LogP contribution in [-0.2, 0) is 20.4 Å². The van der Waals surface area contributed by atoms with Crippen LogP contribution in [0.25, 0.3) is 0 Å². The van der Waals surface area contributed by atoms with Gasteiger partial charge in [-0.15, -0.1) is 0 Å². The monoisotopic (exact) mass is 660 g/mol. The standard InChI is InChI=1S/C34H43Si2.3ClH.Ti/c1-23-16-24(2)19-32(18-23)36(33-20-25(3)17-26(4)21-33,34(8)22-27(5)28(6)29(34)7)31-14-12-30(13-15-31)35(9,10)11;;;;/h12-21H,1-11H3;3*1H;/q;;;;+3/p-3. The van der Waals surface area contributed by atoms with Crippen molar-refractivity contribution in [2.45, 2.75) is 80.1 Å². The first kappa shape index (κ1) is 37.2. The van der Waals surface area contributed by atoms with Crippen LogP contribution in [0.2, 0.25) is 24.7 Å². The number of benzene rings is 3. The van der Waals surface area contributed by atoms with Gasteiger partial charge in [0.1, 0.15) is 0 Å². The third-order valence-corrected chi connectivity index (χ3v) is 18.4. The SMILES string of the molecule is CC1=C(C)C(C)([Si](c2ccc([Si](C)(C)C)cc2)(c2cc(C)cc(C)c2)c2cc(C)cc(C)c2)[C]([Ti+3])=C1C.[Cl-].[Cl-].[Cl-]. The van der Waals surface area contributed by atoms with E-state index in [1.165, 1.54) is 54.1 Å². The summed E-state index contributed by atoms with van der Waals surface area (Å²) in [6.45, 7) is 26.1. The Hall–Kier alpha value is -0.842. The van der Waals surface area contributed by atoms with Crippen LogP contribution in [0.5, 0.6) is 0 Å². The summed E-state index contributed by atoms with van der Waals surface area (Å²) in [7, 11) is -4.04. The fraction of sp³-hybridized carbons (Fsp3) is 0.353. The zero-order chi connectivity index (χ0) is 27.5. The van der Waals surface area contributed by atoms with Crippen LogP contribution in [0.4, 0.5) is 0 Å². The molecule has 1 aliphatic carbocycles. The van der Waals surface area contributed by atoms with E-state index in [4.69, 9.17) is 0 Å². The quantitative estimate of drug-likeness (QED) is 0.217. The van der Waals surface area contributed by atoms with Gasteiger partial charge in [0.15, 0.2) is 0 Å². The van der Waals surface area contributed by atoms with Crippen molar-refractivity contribution in [3.05, 3.63) is 104 Å². The first-order chi connectivity index (χ1) is 17.1. The van der Waals surface area contributed by atoms with Crippen molar-refractivity contribution in [1.29, 1.82) is 0 Å². The van der Waals surface area contributed by atoms with Crippen LogP contribution in [0.15, 0.2) is 81.3 Å². The summed E-state index contributed by atoms with van der Waals surface area (Å²) >= 11 is 2.42. The maximum absolute atomic E-state index is 2.63. The minimum Gasteiger partial charge on any atom is -1.00 e. The topological polar surface area (TPSA) is 0 Å². The van der Waals surface area contributed by atoms with E-state index >= 15 is 0 Å². The molecule has 0 N–H and O–H groups in total. The van der Waals surface area contributed by atoms with Crippen molar-refractivity contribution >= 4 is 36.9 Å². The van der Waals surface area contributed by atoms with Crippen LogP contribution in [0.1, 0.15) is 49.9 Å². The Morgan fingerprint density at radius 2 is 0.875 bits per heavy atom. The van der Waals surface area contributed by atoms with Crippen molar-refractivity contribution in [3.8, 4) is 0 Å². The van der Waals surface area contributed by atoms with E-state index < -0.39 is 16.1 Å². The van der Waals surface area contributed by atoms with Gasteiger partial charge in [-0.05, 0) is 0 Å². The maximum Gasteiger partial charge on any atom is -1.00 e. The number of hydrogen-bond acceptors (Lipinski definition) is 0. The number of rotatable bonds is 5. The van der Waals surface area contributed by atoms with Crippen LogP contribution >= 0.6 is 0 Å². The van der Waals surface area contributed by atoms with Crippen LogP contribution in [0, 0.1) is 27.7 Å². The zero-order valence-electron chi connectivity index (χ0n) is 25.9. The molecule has 212 valence electrons. The van der Waals surface area contributed by atoms with Gasteiger partial charge in [0, 0.05) is 0 Å². The molecule has 40 heavy (non-hydrogen) atoms. The van der Waals surface area contributed by atoms with E-state index in [0.717, 1.165) is 0 Å². The Morgan fingerprint density at radius 1 is 0.525 bits per heavy atom. The smallest absolute Gasteiger partial charge is 1.00 e. The minimum absolute atomic E-state index is 0. The molecule has 3 aromatic carbocycles. The summed E-state index contributed by atoms with van der Waals surface area (Å²) in [4.78, 5) is 0. The predicted molar refractivity (Wildman–Crippen MR) is 165 cm³/mol. The van der Waals surface area contributed by atoms with Crippen molar-refractivity contribution in [1.82, 2.24) is 0 Å². The minimum atomic E-state index is -2.63. The van der Waals surface area contributed by atoms with Gasteiger partial charge in [0.25, 0.3) is 0 Å². The van der Waals surface area contributed by atoms with Crippen molar-refractivity contribution in [3.63, 3.8) is 0 Å². The molecule has 0 radical (unpaired) electrons. The third kappa shape index (κ3) is 5.98. The summed E-state index contributed by atoms with van der Waals surface area (Å²) in [5.74, 6) is 0. The summed E-state index contributed by atoms with van der Waals surface area (Å²) in [5, 5.41) is 6.04. The molecule has 1 atom stereocenters. The fourth-order valence-corrected chi connectivity index (χ4v) is 16.0. The summed E-state index contributed by atoms with van der Waals surface area (Å²) < 4.78 is 1.54. The molecular formula is C34H43Cl3Si2Ti. The van der Waals surface area contributed by atoms with Crippen LogP contribution in [0.3, 0.4) is 0 Å². The Labute approximate surface area is 276 Å². The molecule has 1 unspecified atom stereocenters. The van der Waals surface area contributed by atoms with Crippen molar-refractivity contribution < 1.29 is 57.7 Å². The number of hydrogen-bond donors (Lipinski definition) is 0. The van der Waals surface area contributed by atoms with Gasteiger partial charge in [-0.2, -0.15) is 0 Å². The van der Waals surface area contributed by atoms with Gasteiger partial charge < -0.3 is 37.2 Å². The average Bonchev–Trinajstić information content (AvgIpc) is 2.94. The van der Waals surface area contributed by atoms with Crippen LogP contribution < -0.4 is 58.0 Å². The normalized spacial score (nSPS) is 17.3. The van der Waals surface area contributed by atoms with E-state index in [-0.39, 0.29) is 42.3 Å². The molecule has 0 nitrogen and oxygen atoms in total. The zero-order valence-corrected chi connectivity index (χ0v) is 31.7. The Morgan fingerprint density at radius 3 is 1.18 bits per heavy atom. The third-order valence-electron chi connectivity index (χ3n) is 8.99. The van der Waals surface area contributed by atoms with E-state index in [1.807, 2.05) is 0 Å². The van der Waals surface area contributed by atoms with Gasteiger partial charge in [-0.25, -0.2) is 0 Å². The molecule has 0 bridgehead atoms. The number of aryl methyl sites for hydroxylation is 4. The maximum atomic E-state index is 2.58. The molecule has 6 heteroatoms. The summed E-state index contributed by atoms with van der Waals surface area (Å²) in [5.41, 5.74) is 9.92. The van der Waals surface area contributed by atoms with Gasteiger partial charge >= 0.3 is 241 Å². The molecule has 0 heterocycles. The number of allylic oxidation sites excluding steroid dienone is 4. The second kappa shape index (κ2) is 13.2. The second-order valence-electron chi connectivity index (χ2n) is 12.7. The molecule has 0 aliphatic heterocycles. The van der Waals surface area contributed by atoms with E-state index in [1.54, 1.807) is 9.45 Å². The fourth-order valence-electron chi connectivity index (χ4n) is 6.84. The van der Waals surface area contributed by atoms with Gasteiger partial charge in [0.05, 0.1) is 0 Å². The van der Waals surface area contributed by atoms with E-state index in [2.05, 4.69) is 156 Å². The van der Waals surface area contributed by atoms with E-state index in [9.17, 15) is 0 Å². The Bertz CT molecular complexity index is 1330. The molecule has 0 saturated heterocycles. The summed E-state index contributed by atoms with van der Waals surface area (Å²) in [6.07, 6.45) is 0. The molecule has 0 aromatic heterocycles. The van der Waals surface area contributed by atoms with Gasteiger partial charge in [-0.1, -0.05) is 0 Å². The number of halogens is 3. The van der Waals surface area contributed by atoms with Gasteiger partial charge in [-0.3, -0.25) is 0 Å². The molecule has 0 amide bonds. The Balaban J connectivity index is 0.00000267. The largest absolute Gasteiger partial charge is 1.00 e. The molecule has 0 fully saturated rings. The molecular weight excluding hydrogens is 619 g/mol. The first-order valence-corrected chi connectivity index (χ1v) is 19.8. The predicted octanol–water partition coefficient (Wildman–Crippen LogP) is -2.12. The molecule has 0 saturated carbocycles. The molecule has 1 aliphatic rings. The first-order valence-electron chi connectivity index (χ1n) is 13.5. The van der Waals surface area contributed by atoms with Crippen molar-refractivity contribution in [2.75, 3.05) is 0 Å². The summed E-state index contributed by atoms with van der Waals surface area (Å²) in [6, 6.07) is 24.7. The van der Waals surface area contributed by atoms with Gasteiger partial charge in [0.2, 0.25) is 0 Å². The molecule has 4 rings (SSSR count). The molecule has 3 aromatic rings. The second-order valence-corrected chi connectivity index (χ2v) is 22.8. The molecule has 0 spiro atoms. The average molecular weight is 662 g/mol.